The van der Waals surface area contributed by atoms with Crippen molar-refractivity contribution in [3.8, 4) is 0 Å². The van der Waals surface area contributed by atoms with Gasteiger partial charge in [0.25, 0.3) is 0 Å². The van der Waals surface area contributed by atoms with Gasteiger partial charge in [-0.1, -0.05) is 38.3 Å². The molecule has 2 rings (SSSR count). The molecule has 104 valence electrons. The number of aromatic nitrogens is 4. The molecule has 0 aliphatic heterocycles. The Morgan fingerprint density at radius 2 is 1.89 bits per heavy atom. The van der Waals surface area contributed by atoms with Crippen molar-refractivity contribution in [2.45, 2.75) is 59.3 Å². The zero-order valence-corrected chi connectivity index (χ0v) is 12.8. The summed E-state index contributed by atoms with van der Waals surface area (Å²) in [5.41, 5.74) is 2.87. The van der Waals surface area contributed by atoms with Crippen LogP contribution in [0, 0.1) is 13.8 Å². The third-order valence-corrected chi connectivity index (χ3v) is 4.18. The van der Waals surface area contributed by atoms with Crippen molar-refractivity contribution in [3.63, 3.8) is 0 Å². The molecule has 0 fully saturated rings. The summed E-state index contributed by atoms with van der Waals surface area (Å²) in [6.45, 7) is 8.37. The van der Waals surface area contributed by atoms with E-state index in [1.54, 1.807) is 0 Å². The fourth-order valence-electron chi connectivity index (χ4n) is 2.33. The summed E-state index contributed by atoms with van der Waals surface area (Å²) in [7, 11) is 0. The Hall–Kier alpha value is -1.16. The SMILES string of the molecule is CCCCC(CC)c1nnc2c(C)c(C)c(Cl)nn12. The van der Waals surface area contributed by atoms with Crippen molar-refractivity contribution < 1.29 is 0 Å². The van der Waals surface area contributed by atoms with Gasteiger partial charge in [0, 0.05) is 11.5 Å². The maximum absolute atomic E-state index is 6.19. The average Bonchev–Trinajstić information content (AvgIpc) is 2.81. The van der Waals surface area contributed by atoms with Crippen molar-refractivity contribution >= 4 is 17.2 Å². The van der Waals surface area contributed by atoms with Crippen molar-refractivity contribution in [1.29, 1.82) is 0 Å². The number of fused-ring (bicyclic) bond motifs is 1. The van der Waals surface area contributed by atoms with E-state index in [4.69, 9.17) is 11.6 Å². The van der Waals surface area contributed by atoms with Gasteiger partial charge in [0.15, 0.2) is 16.6 Å². The van der Waals surface area contributed by atoms with E-state index in [0.717, 1.165) is 35.4 Å². The minimum absolute atomic E-state index is 0.403. The highest BCUT2D eigenvalue weighted by Crippen LogP contribution is 2.26. The predicted molar refractivity (Wildman–Crippen MR) is 77.8 cm³/mol. The third kappa shape index (κ3) is 2.59. The molecule has 4 nitrogen and oxygen atoms in total. The molecular formula is C14H21ClN4. The third-order valence-electron chi connectivity index (χ3n) is 3.82. The van der Waals surface area contributed by atoms with Crippen LogP contribution in [0.5, 0.6) is 0 Å². The van der Waals surface area contributed by atoms with Crippen LogP contribution in [0.4, 0.5) is 0 Å². The Bertz CT molecular complexity index is 576. The van der Waals surface area contributed by atoms with Gasteiger partial charge in [-0.05, 0) is 32.3 Å². The van der Waals surface area contributed by atoms with E-state index >= 15 is 0 Å². The van der Waals surface area contributed by atoms with Gasteiger partial charge in [-0.15, -0.1) is 10.2 Å². The van der Waals surface area contributed by atoms with Crippen LogP contribution < -0.4 is 0 Å². The van der Waals surface area contributed by atoms with Crippen LogP contribution in [0.15, 0.2) is 0 Å². The van der Waals surface area contributed by atoms with E-state index in [0.29, 0.717) is 11.1 Å². The van der Waals surface area contributed by atoms with E-state index in [2.05, 4.69) is 29.1 Å². The second-order valence-electron chi connectivity index (χ2n) is 5.08. The molecular weight excluding hydrogens is 260 g/mol. The molecule has 0 radical (unpaired) electrons. The highest BCUT2D eigenvalue weighted by molar-refractivity contribution is 6.30. The molecule has 0 saturated heterocycles. The lowest BCUT2D eigenvalue weighted by atomic mass is 9.99. The Labute approximate surface area is 119 Å². The maximum atomic E-state index is 6.19. The molecule has 0 spiro atoms. The summed E-state index contributed by atoms with van der Waals surface area (Å²) in [6.07, 6.45) is 4.57. The first-order valence-corrected chi connectivity index (χ1v) is 7.35. The van der Waals surface area contributed by atoms with Gasteiger partial charge in [0.05, 0.1) is 0 Å². The monoisotopic (exact) mass is 280 g/mol. The lowest BCUT2D eigenvalue weighted by Gasteiger charge is -2.12. The number of halogens is 1. The lowest BCUT2D eigenvalue weighted by molar-refractivity contribution is 0.530. The summed E-state index contributed by atoms with van der Waals surface area (Å²) >= 11 is 6.19. The minimum atomic E-state index is 0.403. The molecule has 19 heavy (non-hydrogen) atoms. The van der Waals surface area contributed by atoms with Gasteiger partial charge in [-0.3, -0.25) is 0 Å². The fourth-order valence-corrected chi connectivity index (χ4v) is 2.55. The van der Waals surface area contributed by atoms with E-state index in [-0.39, 0.29) is 0 Å². The number of aryl methyl sites for hydroxylation is 1. The molecule has 0 bridgehead atoms. The highest BCUT2D eigenvalue weighted by atomic mass is 35.5. The molecule has 0 saturated carbocycles. The molecule has 1 atom stereocenters. The van der Waals surface area contributed by atoms with Crippen LogP contribution in [0.2, 0.25) is 5.15 Å². The van der Waals surface area contributed by atoms with Crippen molar-refractivity contribution in [3.05, 3.63) is 22.1 Å². The summed E-state index contributed by atoms with van der Waals surface area (Å²) in [5.74, 6) is 1.34. The van der Waals surface area contributed by atoms with Crippen LogP contribution in [-0.2, 0) is 0 Å². The molecule has 2 heterocycles. The maximum Gasteiger partial charge on any atom is 0.181 e. The minimum Gasteiger partial charge on any atom is -0.195 e. The van der Waals surface area contributed by atoms with Crippen molar-refractivity contribution in [1.82, 2.24) is 19.8 Å². The first-order valence-electron chi connectivity index (χ1n) is 6.98. The van der Waals surface area contributed by atoms with Crippen LogP contribution in [0.1, 0.15) is 62.4 Å². The topological polar surface area (TPSA) is 43.1 Å². The zero-order valence-electron chi connectivity index (χ0n) is 12.1. The predicted octanol–water partition coefficient (Wildman–Crippen LogP) is 4.08. The molecule has 0 N–H and O–H groups in total. The number of hydrogen-bond donors (Lipinski definition) is 0. The van der Waals surface area contributed by atoms with E-state index in [9.17, 15) is 0 Å². The van der Waals surface area contributed by atoms with Crippen LogP contribution in [0.25, 0.3) is 5.65 Å². The van der Waals surface area contributed by atoms with Gasteiger partial charge in [-0.25, -0.2) is 0 Å². The molecule has 0 aromatic carbocycles. The van der Waals surface area contributed by atoms with Gasteiger partial charge in [-0.2, -0.15) is 9.61 Å². The summed E-state index contributed by atoms with van der Waals surface area (Å²) < 4.78 is 1.83. The smallest absolute Gasteiger partial charge is 0.181 e. The van der Waals surface area contributed by atoms with Crippen LogP contribution in [-0.4, -0.2) is 19.8 Å². The molecule has 2 aromatic heterocycles. The van der Waals surface area contributed by atoms with E-state index in [1.807, 2.05) is 18.4 Å². The quantitative estimate of drug-likeness (QED) is 0.829. The van der Waals surface area contributed by atoms with Crippen LogP contribution in [0.3, 0.4) is 0 Å². The number of rotatable bonds is 5. The Morgan fingerprint density at radius 3 is 2.53 bits per heavy atom. The van der Waals surface area contributed by atoms with Gasteiger partial charge in [0.1, 0.15) is 0 Å². The highest BCUT2D eigenvalue weighted by Gasteiger charge is 2.19. The largest absolute Gasteiger partial charge is 0.195 e. The van der Waals surface area contributed by atoms with Crippen LogP contribution >= 0.6 is 11.6 Å². The van der Waals surface area contributed by atoms with Gasteiger partial charge >= 0.3 is 0 Å². The first-order chi connectivity index (χ1) is 9.10. The van der Waals surface area contributed by atoms with Gasteiger partial charge < -0.3 is 0 Å². The normalized spacial score (nSPS) is 13.1. The number of unbranched alkanes of at least 4 members (excludes halogenated alkanes) is 1. The summed E-state index contributed by atoms with van der Waals surface area (Å²) in [6, 6.07) is 0. The molecule has 0 aliphatic carbocycles. The van der Waals surface area contributed by atoms with Crippen molar-refractivity contribution in [2.75, 3.05) is 0 Å². The Morgan fingerprint density at radius 1 is 1.16 bits per heavy atom. The second-order valence-corrected chi connectivity index (χ2v) is 5.44. The lowest BCUT2D eigenvalue weighted by Crippen LogP contribution is -2.07. The second kappa shape index (κ2) is 5.87. The Kier molecular flexibility index (Phi) is 4.40. The number of hydrogen-bond acceptors (Lipinski definition) is 3. The summed E-state index contributed by atoms with van der Waals surface area (Å²) in [4.78, 5) is 0. The molecule has 0 amide bonds. The van der Waals surface area contributed by atoms with E-state index < -0.39 is 0 Å². The van der Waals surface area contributed by atoms with Crippen molar-refractivity contribution in [2.24, 2.45) is 0 Å². The number of nitrogens with zero attached hydrogens (tertiary/aromatic N) is 4. The molecule has 0 aliphatic rings. The zero-order chi connectivity index (χ0) is 14.0. The van der Waals surface area contributed by atoms with E-state index in [1.165, 1.54) is 12.8 Å². The molecule has 1 unspecified atom stereocenters. The first kappa shape index (κ1) is 14.3. The fraction of sp³-hybridized carbons (Fsp3) is 0.643. The standard InChI is InChI=1S/C14H21ClN4/c1-5-7-8-11(6-2)14-17-16-13-10(4)9(3)12(15)18-19(13)14/h11H,5-8H2,1-4H3. The molecule has 2 aromatic rings. The molecule has 5 heteroatoms. The Balaban J connectivity index is 2.50. The summed E-state index contributed by atoms with van der Waals surface area (Å²) in [5, 5.41) is 13.6. The average molecular weight is 281 g/mol. The van der Waals surface area contributed by atoms with Gasteiger partial charge in [0.2, 0.25) is 0 Å².